The molecule has 1 aromatic carbocycles. The molecule has 0 bridgehead atoms. The number of benzene rings is 1. The van der Waals surface area contributed by atoms with Gasteiger partial charge in [-0.15, -0.1) is 0 Å². The van der Waals surface area contributed by atoms with Gasteiger partial charge in [0.25, 0.3) is 0 Å². The maximum atomic E-state index is 12.1. The molecule has 1 amide bonds. The van der Waals surface area contributed by atoms with Crippen LogP contribution in [0.2, 0.25) is 0 Å². The van der Waals surface area contributed by atoms with Gasteiger partial charge in [0.05, 0.1) is 23.8 Å². The second-order valence-corrected chi connectivity index (χ2v) is 7.57. The number of aliphatic carboxylic acids is 1. The number of nitrogens with zero attached hydrogens (tertiary/aromatic N) is 1. The number of rotatable bonds is 4. The predicted molar refractivity (Wildman–Crippen MR) is 80.2 cm³/mol. The summed E-state index contributed by atoms with van der Waals surface area (Å²) in [5.74, 6) is -2.38. The molecule has 1 saturated carbocycles. The summed E-state index contributed by atoms with van der Waals surface area (Å²) in [6.45, 7) is 0.349. The van der Waals surface area contributed by atoms with Crippen LogP contribution in [0.1, 0.15) is 12.0 Å². The van der Waals surface area contributed by atoms with Crippen LogP contribution >= 0.6 is 0 Å². The van der Waals surface area contributed by atoms with Crippen molar-refractivity contribution in [1.82, 2.24) is 0 Å². The smallest absolute Gasteiger partial charge is 0.307 e. The molecule has 0 spiro atoms. The fourth-order valence-corrected chi connectivity index (χ4v) is 3.80. The quantitative estimate of drug-likeness (QED) is 0.847. The number of sulfonamides is 1. The van der Waals surface area contributed by atoms with Crippen LogP contribution < -0.4 is 9.62 Å². The first-order valence-electron chi connectivity index (χ1n) is 6.92. The van der Waals surface area contributed by atoms with Gasteiger partial charge in [-0.2, -0.15) is 0 Å². The zero-order valence-corrected chi connectivity index (χ0v) is 12.8. The number of carboxylic acids is 1. The zero-order valence-electron chi connectivity index (χ0n) is 11.9. The van der Waals surface area contributed by atoms with Crippen LogP contribution in [0.5, 0.6) is 0 Å². The molecule has 22 heavy (non-hydrogen) atoms. The highest BCUT2D eigenvalue weighted by atomic mass is 32.2. The largest absolute Gasteiger partial charge is 0.481 e. The van der Waals surface area contributed by atoms with Gasteiger partial charge in [-0.3, -0.25) is 13.9 Å². The molecule has 8 heteroatoms. The fourth-order valence-electron chi connectivity index (χ4n) is 2.85. The van der Waals surface area contributed by atoms with Crippen molar-refractivity contribution in [2.75, 3.05) is 22.4 Å². The Morgan fingerprint density at radius 2 is 2.05 bits per heavy atom. The van der Waals surface area contributed by atoms with Gasteiger partial charge < -0.3 is 10.4 Å². The van der Waals surface area contributed by atoms with Crippen molar-refractivity contribution >= 4 is 33.3 Å². The number of fused-ring (bicyclic) bond motifs is 1. The molecular formula is C14H16N2O5S. The number of carbonyl (C=O) groups is 2. The molecular weight excluding hydrogens is 308 g/mol. The van der Waals surface area contributed by atoms with Gasteiger partial charge in [-0.05, 0) is 25.0 Å². The Kier molecular flexibility index (Phi) is 3.36. The van der Waals surface area contributed by atoms with Crippen LogP contribution in [0.3, 0.4) is 0 Å². The summed E-state index contributed by atoms with van der Waals surface area (Å²) < 4.78 is 24.8. The van der Waals surface area contributed by atoms with Crippen molar-refractivity contribution in [3.8, 4) is 0 Å². The molecule has 1 aliphatic heterocycles. The van der Waals surface area contributed by atoms with Gasteiger partial charge in [-0.25, -0.2) is 8.42 Å². The van der Waals surface area contributed by atoms with E-state index in [2.05, 4.69) is 5.32 Å². The molecule has 118 valence electrons. The summed E-state index contributed by atoms with van der Waals surface area (Å²) >= 11 is 0. The summed E-state index contributed by atoms with van der Waals surface area (Å²) in [6, 6.07) is 5.09. The normalized spacial score (nSPS) is 23.0. The van der Waals surface area contributed by atoms with E-state index < -0.39 is 27.8 Å². The van der Waals surface area contributed by atoms with Crippen LogP contribution in [0.15, 0.2) is 18.2 Å². The van der Waals surface area contributed by atoms with E-state index in [1.165, 1.54) is 4.31 Å². The van der Waals surface area contributed by atoms with E-state index in [1.54, 1.807) is 18.2 Å². The highest BCUT2D eigenvalue weighted by molar-refractivity contribution is 7.92. The third-order valence-electron chi connectivity index (χ3n) is 4.09. The number of hydrogen-bond donors (Lipinski definition) is 2. The molecule has 1 fully saturated rings. The zero-order chi connectivity index (χ0) is 16.1. The van der Waals surface area contributed by atoms with Gasteiger partial charge in [0, 0.05) is 17.8 Å². The minimum atomic E-state index is -3.34. The average molecular weight is 324 g/mol. The lowest BCUT2D eigenvalue weighted by atomic mass is 10.1. The third kappa shape index (κ3) is 2.54. The molecule has 0 aromatic heterocycles. The molecule has 1 heterocycles. The molecule has 2 N–H and O–H groups in total. The van der Waals surface area contributed by atoms with Crippen molar-refractivity contribution in [1.29, 1.82) is 0 Å². The molecule has 2 aliphatic rings. The van der Waals surface area contributed by atoms with Crippen molar-refractivity contribution < 1.29 is 23.1 Å². The third-order valence-corrected chi connectivity index (χ3v) is 5.27. The minimum Gasteiger partial charge on any atom is -0.481 e. The van der Waals surface area contributed by atoms with Gasteiger partial charge in [0.15, 0.2) is 0 Å². The maximum absolute atomic E-state index is 12.1. The van der Waals surface area contributed by atoms with E-state index in [0.717, 1.165) is 11.8 Å². The molecule has 0 saturated heterocycles. The van der Waals surface area contributed by atoms with Crippen LogP contribution in [-0.4, -0.2) is 38.2 Å². The van der Waals surface area contributed by atoms with E-state index in [-0.39, 0.29) is 5.91 Å². The summed E-state index contributed by atoms with van der Waals surface area (Å²) in [7, 11) is -3.34. The molecule has 0 radical (unpaired) electrons. The molecule has 2 atom stereocenters. The fraction of sp³-hybridized carbons (Fsp3) is 0.429. The second kappa shape index (κ2) is 4.98. The van der Waals surface area contributed by atoms with Gasteiger partial charge >= 0.3 is 5.97 Å². The van der Waals surface area contributed by atoms with Gasteiger partial charge in [0.1, 0.15) is 0 Å². The molecule has 0 unspecified atom stereocenters. The number of nitrogens with one attached hydrogen (secondary N) is 1. The summed E-state index contributed by atoms with van der Waals surface area (Å²) in [6.07, 6.45) is 2.02. The minimum absolute atomic E-state index is 0.321. The first kappa shape index (κ1) is 14.8. The topological polar surface area (TPSA) is 104 Å². The first-order valence-corrected chi connectivity index (χ1v) is 8.77. The molecule has 1 aliphatic carbocycles. The van der Waals surface area contributed by atoms with Crippen molar-refractivity contribution in [2.24, 2.45) is 11.8 Å². The molecule has 7 nitrogen and oxygen atoms in total. The lowest BCUT2D eigenvalue weighted by Gasteiger charge is -2.17. The second-order valence-electron chi connectivity index (χ2n) is 5.66. The lowest BCUT2D eigenvalue weighted by molar-refractivity contribution is -0.139. The Bertz CT molecular complexity index is 758. The molecule has 3 rings (SSSR count). The van der Waals surface area contributed by atoms with Gasteiger partial charge in [-0.1, -0.05) is 6.07 Å². The highest BCUT2D eigenvalue weighted by Gasteiger charge is 2.48. The monoisotopic (exact) mass is 324 g/mol. The number of carbonyl (C=O) groups excluding carboxylic acids is 1. The SMILES string of the molecule is CS(=O)(=O)N1CCc2c(NC(=O)[C@@H]3C[C@H]3C(=O)O)cccc21. The summed E-state index contributed by atoms with van der Waals surface area (Å²) in [5.41, 5.74) is 1.91. The van der Waals surface area contributed by atoms with E-state index in [1.807, 2.05) is 0 Å². The van der Waals surface area contributed by atoms with Gasteiger partial charge in [0.2, 0.25) is 15.9 Å². The Balaban J connectivity index is 1.81. The Morgan fingerprint density at radius 1 is 1.32 bits per heavy atom. The molecule has 1 aromatic rings. The average Bonchev–Trinajstić information content (AvgIpc) is 3.10. The van der Waals surface area contributed by atoms with Crippen molar-refractivity contribution in [2.45, 2.75) is 12.8 Å². The number of hydrogen-bond acceptors (Lipinski definition) is 4. The Hall–Kier alpha value is -2.09. The van der Waals surface area contributed by atoms with Crippen LogP contribution in [0.25, 0.3) is 0 Å². The lowest BCUT2D eigenvalue weighted by Crippen LogP contribution is -2.27. The number of anilines is 2. The summed E-state index contributed by atoms with van der Waals surface area (Å²) in [4.78, 5) is 22.9. The van der Waals surface area contributed by atoms with Crippen LogP contribution in [0.4, 0.5) is 11.4 Å². The summed E-state index contributed by atoms with van der Waals surface area (Å²) in [5, 5.41) is 11.6. The predicted octanol–water partition coefficient (Wildman–Crippen LogP) is 0.668. The van der Waals surface area contributed by atoms with E-state index >= 15 is 0 Å². The van der Waals surface area contributed by atoms with E-state index in [4.69, 9.17) is 5.11 Å². The van der Waals surface area contributed by atoms with Crippen molar-refractivity contribution in [3.63, 3.8) is 0 Å². The van der Waals surface area contributed by atoms with E-state index in [9.17, 15) is 18.0 Å². The first-order chi connectivity index (χ1) is 10.3. The highest BCUT2D eigenvalue weighted by Crippen LogP contribution is 2.41. The Labute approximate surface area is 128 Å². The Morgan fingerprint density at radius 3 is 2.64 bits per heavy atom. The van der Waals surface area contributed by atoms with Crippen LogP contribution in [0, 0.1) is 11.8 Å². The van der Waals surface area contributed by atoms with E-state index in [0.29, 0.717) is 30.8 Å². The maximum Gasteiger partial charge on any atom is 0.307 e. The number of amides is 1. The van der Waals surface area contributed by atoms with Crippen LogP contribution in [-0.2, 0) is 26.0 Å². The number of carboxylic acid groups (broad SMARTS) is 1. The van der Waals surface area contributed by atoms with Crippen molar-refractivity contribution in [3.05, 3.63) is 23.8 Å². The standard InChI is InChI=1S/C14H16N2O5S/c1-22(20,21)16-6-5-8-11(3-2-4-12(8)16)15-13(17)9-7-10(9)14(18)19/h2-4,9-10H,5-7H2,1H3,(H,15,17)(H,18,19)/t9-,10-/m1/s1.